The van der Waals surface area contributed by atoms with E-state index in [2.05, 4.69) is 5.32 Å². The Balaban J connectivity index is 2.69. The van der Waals surface area contributed by atoms with Gasteiger partial charge in [-0.1, -0.05) is 36.4 Å². The fraction of sp³-hybridized carbons (Fsp3) is 0.286. The van der Waals surface area contributed by atoms with Gasteiger partial charge in [0.2, 0.25) is 5.78 Å². The van der Waals surface area contributed by atoms with Gasteiger partial charge in [-0.15, -0.1) is 0 Å². The predicted molar refractivity (Wildman–Crippen MR) is 69.4 cm³/mol. The van der Waals surface area contributed by atoms with Gasteiger partial charge < -0.3 is 5.32 Å². The third-order valence-electron chi connectivity index (χ3n) is 2.50. The first kappa shape index (κ1) is 16.1. The lowest BCUT2D eigenvalue weighted by Gasteiger charge is -2.04. The molecule has 0 unspecified atom stereocenters. The van der Waals surface area contributed by atoms with Gasteiger partial charge in [0.1, 0.15) is 0 Å². The molecule has 0 aliphatic carbocycles. The number of carbonyl (C=O) groups excluding carboxylic acids is 2. The topological polar surface area (TPSA) is 46.2 Å². The van der Waals surface area contributed by atoms with E-state index >= 15 is 0 Å². The highest BCUT2D eigenvalue weighted by atomic mass is 19.4. The molecule has 0 aliphatic heterocycles. The van der Waals surface area contributed by atoms with E-state index < -0.39 is 24.2 Å². The van der Waals surface area contributed by atoms with Crippen molar-refractivity contribution in [3.63, 3.8) is 0 Å². The SMILES string of the molecule is CNCC=Cc1ccc(C(=O)CC(=O)C(F)(F)F)cc1. The first-order valence-corrected chi connectivity index (χ1v) is 5.89. The lowest BCUT2D eigenvalue weighted by atomic mass is 10.0. The second kappa shape index (κ2) is 7.00. The minimum Gasteiger partial charge on any atom is -0.316 e. The number of Topliss-reactive ketones (excluding diaryl/α,β-unsaturated/α-hetero) is 2. The number of likely N-dealkylation sites (N-methyl/N-ethyl adjacent to an activating group) is 1. The zero-order chi connectivity index (χ0) is 15.2. The van der Waals surface area contributed by atoms with Gasteiger partial charge in [-0.3, -0.25) is 9.59 Å². The Morgan fingerprint density at radius 3 is 2.30 bits per heavy atom. The Hall–Kier alpha value is -1.95. The van der Waals surface area contributed by atoms with Crippen molar-refractivity contribution in [1.29, 1.82) is 0 Å². The molecule has 1 aromatic carbocycles. The molecule has 20 heavy (non-hydrogen) atoms. The van der Waals surface area contributed by atoms with Gasteiger partial charge in [0.25, 0.3) is 0 Å². The zero-order valence-electron chi connectivity index (χ0n) is 10.8. The summed E-state index contributed by atoms with van der Waals surface area (Å²) in [6.45, 7) is 0.681. The summed E-state index contributed by atoms with van der Waals surface area (Å²) in [6.07, 6.45) is -2.44. The van der Waals surface area contributed by atoms with Gasteiger partial charge >= 0.3 is 6.18 Å². The van der Waals surface area contributed by atoms with Crippen LogP contribution in [0.3, 0.4) is 0 Å². The maximum Gasteiger partial charge on any atom is 0.450 e. The lowest BCUT2D eigenvalue weighted by Crippen LogP contribution is -2.25. The van der Waals surface area contributed by atoms with Crippen molar-refractivity contribution in [2.45, 2.75) is 12.6 Å². The quantitative estimate of drug-likeness (QED) is 0.645. The van der Waals surface area contributed by atoms with Crippen molar-refractivity contribution in [2.24, 2.45) is 0 Å². The van der Waals surface area contributed by atoms with Crippen molar-refractivity contribution < 1.29 is 22.8 Å². The third-order valence-corrected chi connectivity index (χ3v) is 2.50. The molecule has 0 saturated heterocycles. The molecule has 0 fully saturated rings. The van der Waals surface area contributed by atoms with Crippen LogP contribution in [0.5, 0.6) is 0 Å². The molecule has 0 heterocycles. The van der Waals surface area contributed by atoms with Gasteiger partial charge in [0, 0.05) is 12.1 Å². The van der Waals surface area contributed by atoms with Gasteiger partial charge in [-0.25, -0.2) is 0 Å². The highest BCUT2D eigenvalue weighted by Crippen LogP contribution is 2.19. The fourth-order valence-electron chi connectivity index (χ4n) is 1.44. The molecule has 0 radical (unpaired) electrons. The van der Waals surface area contributed by atoms with Crippen LogP contribution in [0.4, 0.5) is 13.2 Å². The number of carbonyl (C=O) groups is 2. The summed E-state index contributed by atoms with van der Waals surface area (Å²) >= 11 is 0. The summed E-state index contributed by atoms with van der Waals surface area (Å²) in [5.41, 5.74) is 0.910. The molecule has 0 saturated carbocycles. The van der Waals surface area contributed by atoms with Gasteiger partial charge in [-0.2, -0.15) is 13.2 Å². The van der Waals surface area contributed by atoms with Crippen LogP contribution in [0.15, 0.2) is 30.3 Å². The Morgan fingerprint density at radius 2 is 1.80 bits per heavy atom. The standard InChI is InChI=1S/C14H14F3NO2/c1-18-8-2-3-10-4-6-11(7-5-10)12(19)9-13(20)14(15,16)17/h2-7,18H,8-9H2,1H3. The second-order valence-corrected chi connectivity index (χ2v) is 4.10. The molecule has 6 heteroatoms. The van der Waals surface area contributed by atoms with E-state index in [1.54, 1.807) is 19.2 Å². The number of ketones is 2. The molecule has 0 aromatic heterocycles. The first-order chi connectivity index (χ1) is 9.34. The van der Waals surface area contributed by atoms with Crippen molar-refractivity contribution in [3.8, 4) is 0 Å². The summed E-state index contributed by atoms with van der Waals surface area (Å²) in [5.74, 6) is -2.86. The Morgan fingerprint density at radius 1 is 1.20 bits per heavy atom. The summed E-state index contributed by atoms with van der Waals surface area (Å²) in [4.78, 5) is 22.3. The highest BCUT2D eigenvalue weighted by Gasteiger charge is 2.39. The van der Waals surface area contributed by atoms with Crippen LogP contribution in [0.25, 0.3) is 6.08 Å². The molecule has 1 rings (SSSR count). The largest absolute Gasteiger partial charge is 0.450 e. The summed E-state index contributed by atoms with van der Waals surface area (Å²) in [7, 11) is 1.80. The molecule has 108 valence electrons. The third kappa shape index (κ3) is 4.97. The monoisotopic (exact) mass is 285 g/mol. The Kier molecular flexibility index (Phi) is 5.64. The molecular formula is C14H14F3NO2. The molecule has 0 bridgehead atoms. The Labute approximate surface area is 114 Å². The molecule has 1 aromatic rings. The van der Waals surface area contributed by atoms with Crippen LogP contribution in [0.1, 0.15) is 22.3 Å². The summed E-state index contributed by atoms with van der Waals surface area (Å²) in [6, 6.07) is 6.03. The lowest BCUT2D eigenvalue weighted by molar-refractivity contribution is -0.170. The minimum atomic E-state index is -4.97. The minimum absolute atomic E-state index is 0.0911. The number of alkyl halides is 3. The van der Waals surface area contributed by atoms with Gasteiger partial charge in [0.05, 0.1) is 6.42 Å². The molecule has 0 aliphatic rings. The van der Waals surface area contributed by atoms with E-state index in [4.69, 9.17) is 0 Å². The molecule has 1 N–H and O–H groups in total. The van der Waals surface area contributed by atoms with Crippen molar-refractivity contribution in [1.82, 2.24) is 5.32 Å². The maximum atomic E-state index is 12.0. The zero-order valence-corrected chi connectivity index (χ0v) is 10.8. The van der Waals surface area contributed by atoms with E-state index in [0.717, 1.165) is 5.56 Å². The smallest absolute Gasteiger partial charge is 0.316 e. The molecule has 0 atom stereocenters. The van der Waals surface area contributed by atoms with E-state index in [9.17, 15) is 22.8 Å². The molecule has 0 amide bonds. The van der Waals surface area contributed by atoms with E-state index in [-0.39, 0.29) is 5.56 Å². The fourth-order valence-corrected chi connectivity index (χ4v) is 1.44. The normalized spacial score (nSPS) is 11.8. The van der Waals surface area contributed by atoms with Crippen molar-refractivity contribution in [2.75, 3.05) is 13.6 Å². The first-order valence-electron chi connectivity index (χ1n) is 5.89. The average molecular weight is 285 g/mol. The van der Waals surface area contributed by atoms with Crippen LogP contribution < -0.4 is 5.32 Å². The van der Waals surface area contributed by atoms with Crippen LogP contribution in [-0.2, 0) is 4.79 Å². The van der Waals surface area contributed by atoms with Crippen molar-refractivity contribution >= 4 is 17.6 Å². The number of rotatable bonds is 6. The van der Waals surface area contributed by atoms with Crippen LogP contribution in [-0.4, -0.2) is 31.3 Å². The summed E-state index contributed by atoms with van der Waals surface area (Å²) < 4.78 is 36.1. The number of nitrogens with one attached hydrogen (secondary N) is 1. The van der Waals surface area contributed by atoms with Crippen LogP contribution in [0, 0.1) is 0 Å². The molecular weight excluding hydrogens is 271 g/mol. The van der Waals surface area contributed by atoms with Crippen molar-refractivity contribution in [3.05, 3.63) is 41.5 Å². The average Bonchev–Trinajstić information content (AvgIpc) is 2.38. The molecule has 0 spiro atoms. The Bertz CT molecular complexity index is 504. The van der Waals surface area contributed by atoms with Crippen LogP contribution in [0.2, 0.25) is 0 Å². The second-order valence-electron chi connectivity index (χ2n) is 4.10. The predicted octanol–water partition coefficient (Wildman–Crippen LogP) is 2.62. The number of benzene rings is 1. The van der Waals surface area contributed by atoms with E-state index in [0.29, 0.717) is 6.54 Å². The van der Waals surface area contributed by atoms with Gasteiger partial charge in [-0.05, 0) is 12.6 Å². The number of hydrogen-bond donors (Lipinski definition) is 1. The van der Waals surface area contributed by atoms with Crippen LogP contribution >= 0.6 is 0 Å². The van der Waals surface area contributed by atoms with E-state index in [1.807, 2.05) is 12.2 Å². The van der Waals surface area contributed by atoms with Gasteiger partial charge in [0.15, 0.2) is 5.78 Å². The molecule has 3 nitrogen and oxygen atoms in total. The number of hydrogen-bond acceptors (Lipinski definition) is 3. The highest BCUT2D eigenvalue weighted by molar-refractivity contribution is 6.09. The number of halogens is 3. The maximum absolute atomic E-state index is 12.0. The van der Waals surface area contributed by atoms with E-state index in [1.165, 1.54) is 12.1 Å². The summed E-state index contributed by atoms with van der Waals surface area (Å²) in [5, 5.41) is 2.92.